The molecule has 2 N–H and O–H groups in total. The minimum atomic E-state index is -2.65. The van der Waals surface area contributed by atoms with E-state index in [1.165, 1.54) is 25.7 Å². The molecule has 0 radical (unpaired) electrons. The fourth-order valence-corrected chi connectivity index (χ4v) is 5.27. The van der Waals surface area contributed by atoms with Crippen molar-refractivity contribution in [3.63, 3.8) is 0 Å². The van der Waals surface area contributed by atoms with Gasteiger partial charge < -0.3 is 24.6 Å². The largest absolute Gasteiger partial charge is 0.493 e. The van der Waals surface area contributed by atoms with Crippen molar-refractivity contribution in [3.05, 3.63) is 23.9 Å². The highest BCUT2D eigenvalue weighted by Gasteiger charge is 2.35. The zero-order chi connectivity index (χ0) is 26.1. The highest BCUT2D eigenvalue weighted by atomic mass is 19.3. The van der Waals surface area contributed by atoms with Crippen LogP contribution in [0.3, 0.4) is 0 Å². The Kier molecular flexibility index (Phi) is 6.94. The van der Waals surface area contributed by atoms with Crippen molar-refractivity contribution >= 4 is 28.5 Å². The molecule has 9 nitrogen and oxygen atoms in total. The van der Waals surface area contributed by atoms with Gasteiger partial charge in [-0.1, -0.05) is 0 Å². The summed E-state index contributed by atoms with van der Waals surface area (Å²) in [5.41, 5.74) is 1.76. The molecule has 11 heteroatoms. The maximum Gasteiger partial charge on any atom is 0.251 e. The summed E-state index contributed by atoms with van der Waals surface area (Å²) in [4.78, 5) is 13.8. The van der Waals surface area contributed by atoms with Gasteiger partial charge in [0.15, 0.2) is 17.3 Å². The quantitative estimate of drug-likeness (QED) is 0.353. The van der Waals surface area contributed by atoms with Crippen LogP contribution in [0, 0.1) is 0 Å². The molecule has 0 bridgehead atoms. The fourth-order valence-electron chi connectivity index (χ4n) is 5.27. The zero-order valence-electron chi connectivity index (χ0n) is 21.8. The number of halogens is 2. The molecule has 4 heterocycles. The number of methoxy groups -OCH3 is 1. The fraction of sp³-hybridized carbons (Fsp3) is 0.593. The smallest absolute Gasteiger partial charge is 0.251 e. The Hall–Kier alpha value is -3.21. The first-order valence-corrected chi connectivity index (χ1v) is 13.7. The number of aromatic amines is 1. The molecule has 2 aromatic heterocycles. The molecular weight excluding hydrogens is 492 g/mol. The first-order chi connectivity index (χ1) is 18.5. The molecule has 2 aliphatic heterocycles. The van der Waals surface area contributed by atoms with Crippen LogP contribution in [0.2, 0.25) is 0 Å². The van der Waals surface area contributed by atoms with Gasteiger partial charge in [0, 0.05) is 61.6 Å². The van der Waals surface area contributed by atoms with E-state index < -0.39 is 5.92 Å². The number of fused-ring (bicyclic) bond motifs is 1. The van der Waals surface area contributed by atoms with Crippen molar-refractivity contribution < 1.29 is 18.3 Å². The Morgan fingerprint density at radius 2 is 1.84 bits per heavy atom. The number of hydrogen-bond acceptors (Lipinski definition) is 8. The van der Waals surface area contributed by atoms with E-state index in [2.05, 4.69) is 20.4 Å². The number of aromatic nitrogens is 4. The minimum absolute atomic E-state index is 0.197. The lowest BCUT2D eigenvalue weighted by atomic mass is 10.1. The Balaban J connectivity index is 1.28. The van der Waals surface area contributed by atoms with Gasteiger partial charge in [-0.25, -0.2) is 13.8 Å². The normalized spacial score (nSPS) is 19.7. The summed E-state index contributed by atoms with van der Waals surface area (Å²) in [5.74, 6) is 0.717. The summed E-state index contributed by atoms with van der Waals surface area (Å²) in [7, 11) is 1.62. The van der Waals surface area contributed by atoms with Crippen LogP contribution >= 0.6 is 0 Å². The molecule has 1 aromatic carbocycles. The number of likely N-dealkylation sites (tertiary alicyclic amines) is 1. The molecule has 1 saturated carbocycles. The molecule has 1 aliphatic carbocycles. The predicted molar refractivity (Wildman–Crippen MR) is 142 cm³/mol. The van der Waals surface area contributed by atoms with Gasteiger partial charge in [0.05, 0.1) is 19.2 Å². The number of H-pyrrole nitrogens is 1. The third-order valence-corrected chi connectivity index (χ3v) is 7.68. The van der Waals surface area contributed by atoms with E-state index in [1.807, 2.05) is 23.1 Å². The number of hydrogen-bond donors (Lipinski definition) is 2. The van der Waals surface area contributed by atoms with Crippen molar-refractivity contribution in [1.29, 1.82) is 0 Å². The Morgan fingerprint density at radius 3 is 2.58 bits per heavy atom. The van der Waals surface area contributed by atoms with Crippen molar-refractivity contribution in [2.24, 2.45) is 0 Å². The maximum absolute atomic E-state index is 13.8. The summed E-state index contributed by atoms with van der Waals surface area (Å²) in [6.07, 6.45) is 5.37. The van der Waals surface area contributed by atoms with Crippen LogP contribution in [0.25, 0.3) is 10.9 Å². The molecule has 38 heavy (non-hydrogen) atoms. The SMILES string of the molecule is COc1cc2c(Nc3cc(C4CC4)[nH]n3)nc(N3CCC(F)(F)CC3)nc2cc1OCCCN1CCCC1. The van der Waals surface area contributed by atoms with Crippen molar-refractivity contribution in [2.45, 2.75) is 56.8 Å². The Labute approximate surface area is 220 Å². The Bertz CT molecular complexity index is 1260. The lowest BCUT2D eigenvalue weighted by molar-refractivity contribution is -0.0222. The van der Waals surface area contributed by atoms with Crippen molar-refractivity contribution in [2.75, 3.05) is 56.7 Å². The summed E-state index contributed by atoms with van der Waals surface area (Å²) >= 11 is 0. The minimum Gasteiger partial charge on any atom is -0.493 e. The topological polar surface area (TPSA) is 91.4 Å². The van der Waals surface area contributed by atoms with E-state index in [1.54, 1.807) is 7.11 Å². The van der Waals surface area contributed by atoms with E-state index in [-0.39, 0.29) is 25.9 Å². The summed E-state index contributed by atoms with van der Waals surface area (Å²) in [6.45, 7) is 4.30. The van der Waals surface area contributed by atoms with Crippen LogP contribution in [0.1, 0.15) is 56.6 Å². The molecule has 0 amide bonds. The third kappa shape index (κ3) is 5.62. The standard InChI is InChI=1S/C27H35F2N7O2/c1-37-22-15-19-21(16-23(22)38-14-4-11-35-9-2-3-10-35)30-26(36-12-7-27(28,29)8-13-36)32-25(19)31-24-17-20(33-34-24)18-5-6-18/h15-18H,2-14H2,1H3,(H2,30,31,32,33,34). The highest BCUT2D eigenvalue weighted by Crippen LogP contribution is 2.41. The monoisotopic (exact) mass is 527 g/mol. The summed E-state index contributed by atoms with van der Waals surface area (Å²) < 4.78 is 39.5. The third-order valence-electron chi connectivity index (χ3n) is 7.68. The van der Waals surface area contributed by atoms with Crippen LogP contribution in [0.15, 0.2) is 18.2 Å². The van der Waals surface area contributed by atoms with Gasteiger partial charge in [0.2, 0.25) is 5.95 Å². The van der Waals surface area contributed by atoms with E-state index in [0.717, 1.165) is 37.1 Å². The number of nitrogens with zero attached hydrogens (tertiary/aromatic N) is 5. The number of alkyl halides is 2. The van der Waals surface area contributed by atoms with Crippen LogP contribution < -0.4 is 19.7 Å². The van der Waals surface area contributed by atoms with Crippen LogP contribution in [-0.2, 0) is 0 Å². The summed E-state index contributed by atoms with van der Waals surface area (Å²) in [5, 5.41) is 11.6. The lowest BCUT2D eigenvalue weighted by Gasteiger charge is -2.32. The first kappa shape index (κ1) is 25.1. The number of anilines is 3. The lowest BCUT2D eigenvalue weighted by Crippen LogP contribution is -2.40. The van der Waals surface area contributed by atoms with Gasteiger partial charge in [-0.15, -0.1) is 0 Å². The molecule has 2 saturated heterocycles. The average Bonchev–Trinajstić information content (AvgIpc) is 3.42. The molecule has 0 spiro atoms. The van der Waals surface area contributed by atoms with Crippen LogP contribution in [0.5, 0.6) is 11.5 Å². The first-order valence-electron chi connectivity index (χ1n) is 13.7. The molecule has 3 fully saturated rings. The zero-order valence-corrected chi connectivity index (χ0v) is 21.8. The van der Waals surface area contributed by atoms with Gasteiger partial charge in [0.25, 0.3) is 5.92 Å². The number of piperidine rings is 1. The van der Waals surface area contributed by atoms with Gasteiger partial charge in [-0.05, 0) is 51.3 Å². The number of nitrogens with one attached hydrogen (secondary N) is 2. The molecule has 3 aliphatic rings. The van der Waals surface area contributed by atoms with E-state index >= 15 is 0 Å². The van der Waals surface area contributed by atoms with E-state index in [0.29, 0.717) is 47.1 Å². The van der Waals surface area contributed by atoms with Crippen LogP contribution in [-0.4, -0.2) is 77.4 Å². The number of benzene rings is 1. The van der Waals surface area contributed by atoms with Gasteiger partial charge in [-0.2, -0.15) is 10.1 Å². The molecule has 3 aromatic rings. The van der Waals surface area contributed by atoms with Crippen molar-refractivity contribution in [1.82, 2.24) is 25.1 Å². The number of rotatable bonds is 10. The second-order valence-electron chi connectivity index (χ2n) is 10.6. The van der Waals surface area contributed by atoms with Gasteiger partial charge in [0.1, 0.15) is 5.82 Å². The van der Waals surface area contributed by atoms with Crippen LogP contribution in [0.4, 0.5) is 26.4 Å². The van der Waals surface area contributed by atoms with Gasteiger partial charge in [-0.3, -0.25) is 5.10 Å². The highest BCUT2D eigenvalue weighted by molar-refractivity contribution is 5.94. The van der Waals surface area contributed by atoms with Gasteiger partial charge >= 0.3 is 0 Å². The molecule has 6 rings (SSSR count). The second-order valence-corrected chi connectivity index (χ2v) is 10.6. The van der Waals surface area contributed by atoms with Crippen molar-refractivity contribution in [3.8, 4) is 11.5 Å². The molecule has 0 atom stereocenters. The maximum atomic E-state index is 13.8. The number of ether oxygens (including phenoxy) is 2. The van der Waals surface area contributed by atoms with E-state index in [4.69, 9.17) is 19.4 Å². The summed E-state index contributed by atoms with van der Waals surface area (Å²) in [6, 6.07) is 5.73. The van der Waals surface area contributed by atoms with E-state index in [9.17, 15) is 8.78 Å². The molecular formula is C27H35F2N7O2. The second kappa shape index (κ2) is 10.5. The Morgan fingerprint density at radius 1 is 1.05 bits per heavy atom. The molecule has 204 valence electrons. The molecule has 0 unspecified atom stereocenters. The average molecular weight is 528 g/mol. The predicted octanol–water partition coefficient (Wildman–Crippen LogP) is 5.08.